The maximum absolute atomic E-state index is 6.15. The van der Waals surface area contributed by atoms with Gasteiger partial charge in [-0.25, -0.2) is 0 Å². The van der Waals surface area contributed by atoms with Crippen molar-refractivity contribution in [3.63, 3.8) is 0 Å². The van der Waals surface area contributed by atoms with E-state index in [9.17, 15) is 0 Å². The summed E-state index contributed by atoms with van der Waals surface area (Å²) < 4.78 is 0. The Morgan fingerprint density at radius 1 is 0.203 bits per heavy atom. The summed E-state index contributed by atoms with van der Waals surface area (Å²) in [6.07, 6.45) is 46.1. The quantitative estimate of drug-likeness (QED) is 0.0250. The maximum Gasteiger partial charge on any atom is 0.0491 e. The van der Waals surface area contributed by atoms with Crippen molar-refractivity contribution in [2.75, 3.05) is 0 Å². The molecular weight excluding hydrogens is 1790 g/mol. The van der Waals surface area contributed by atoms with Gasteiger partial charge in [-0.1, -0.05) is 492 Å². The van der Waals surface area contributed by atoms with Crippen LogP contribution >= 0.6 is 48.1 Å². The van der Waals surface area contributed by atoms with E-state index in [4.69, 9.17) is 22.9 Å². The van der Waals surface area contributed by atoms with Gasteiger partial charge in [0.25, 0.3) is 0 Å². The van der Waals surface area contributed by atoms with Gasteiger partial charge in [-0.05, 0) is 241 Å². The molecule has 0 unspecified atom stereocenters. The number of fused-ring (bicyclic) bond motifs is 2. The highest BCUT2D eigenvalue weighted by Crippen LogP contribution is 2.57. The minimum atomic E-state index is -0.852. The van der Waals surface area contributed by atoms with Gasteiger partial charge in [-0.15, -0.1) is 0 Å². The molecule has 7 fully saturated rings. The van der Waals surface area contributed by atoms with Crippen LogP contribution in [0.15, 0.2) is 376 Å². The predicted molar refractivity (Wildman–Crippen MR) is 610 cm³/mol. The minimum Gasteiger partial charge on any atom is -0.326 e. The highest BCUT2D eigenvalue weighted by Gasteiger charge is 2.40. The average molecular weight is 1940 g/mol. The Balaban J connectivity index is 0.000000129. The van der Waals surface area contributed by atoms with Crippen molar-refractivity contribution in [1.82, 2.24) is 20.3 Å². The first-order valence-electron chi connectivity index (χ1n) is 52.6. The van der Waals surface area contributed by atoms with Gasteiger partial charge in [0.1, 0.15) is 0 Å². The summed E-state index contributed by atoms with van der Waals surface area (Å²) in [5, 5.41) is 36.3. The monoisotopic (exact) mass is 1940 g/mol. The van der Waals surface area contributed by atoms with Gasteiger partial charge >= 0.3 is 0 Å². The van der Waals surface area contributed by atoms with Gasteiger partial charge in [-0.3, -0.25) is 20.3 Å². The fourth-order valence-corrected chi connectivity index (χ4v) is 38.9. The average Bonchev–Trinajstić information content (AvgIpc) is 0.729. The van der Waals surface area contributed by atoms with Crippen LogP contribution in [0, 0.1) is 0 Å². The molecule has 0 radical (unpaired) electrons. The van der Waals surface area contributed by atoms with Gasteiger partial charge < -0.3 is 22.9 Å². The van der Waals surface area contributed by atoms with Gasteiger partial charge in [-0.2, -0.15) is 0 Å². The van der Waals surface area contributed by atoms with Crippen LogP contribution in [0.1, 0.15) is 229 Å². The lowest BCUT2D eigenvalue weighted by Crippen LogP contribution is -2.50. The van der Waals surface area contributed by atoms with E-state index in [0.29, 0.717) is 12.1 Å². The van der Waals surface area contributed by atoms with Crippen molar-refractivity contribution in [2.45, 2.75) is 276 Å². The summed E-state index contributed by atoms with van der Waals surface area (Å²) in [6, 6.07) is 138. The first-order chi connectivity index (χ1) is 68.2. The largest absolute Gasteiger partial charge is 0.326 e. The smallest absolute Gasteiger partial charge is 0.0491 e. The molecule has 14 aromatic carbocycles. The second-order valence-electron chi connectivity index (χ2n) is 39.4. The molecule has 7 aliphatic carbocycles. The fourth-order valence-electron chi connectivity index (χ4n) is 22.5. The van der Waals surface area contributed by atoms with E-state index in [1.807, 2.05) is 60.7 Å². The third kappa shape index (κ3) is 27.6. The highest BCUT2D eigenvalue weighted by atomic mass is 31.1. The Kier molecular flexibility index (Phi) is 39.5. The summed E-state index contributed by atoms with van der Waals surface area (Å²) in [5.41, 5.74) is 32.6. The van der Waals surface area contributed by atoms with Crippen molar-refractivity contribution >= 4 is 123 Å². The summed E-state index contributed by atoms with van der Waals surface area (Å²) >= 11 is 0. The third-order valence-corrected chi connectivity index (χ3v) is 45.8. The predicted octanol–water partition coefficient (Wildman–Crippen LogP) is 27.0. The lowest BCUT2D eigenvalue weighted by Gasteiger charge is -2.46. The molecule has 12 N–H and O–H groups in total. The zero-order valence-electron chi connectivity index (χ0n) is 81.3. The summed E-state index contributed by atoms with van der Waals surface area (Å²) in [4.78, 5) is 0. The lowest BCUT2D eigenvalue weighted by molar-refractivity contribution is 0.342. The van der Waals surface area contributed by atoms with Crippen molar-refractivity contribution < 1.29 is 0 Å². The topological polar surface area (TPSA) is 152 Å². The second-order valence-corrected chi connectivity index (χ2v) is 52.7. The van der Waals surface area contributed by atoms with E-state index < -0.39 is 32.0 Å². The van der Waals surface area contributed by atoms with E-state index in [1.54, 1.807) is 0 Å². The van der Waals surface area contributed by atoms with Crippen molar-refractivity contribution in [3.05, 3.63) is 387 Å². The number of rotatable bonds is 26. The molecule has 0 aliphatic heterocycles. The zero-order chi connectivity index (χ0) is 94.1. The molecule has 8 nitrogen and oxygen atoms in total. The zero-order valence-corrected chi connectivity index (χ0v) is 86.7. The van der Waals surface area contributed by atoms with E-state index in [-0.39, 0.29) is 40.3 Å². The van der Waals surface area contributed by atoms with E-state index in [2.05, 4.69) is 336 Å². The Morgan fingerprint density at radius 2 is 0.413 bits per heavy atom. The van der Waals surface area contributed by atoms with Gasteiger partial charge in [0.2, 0.25) is 0 Å². The molecule has 14 aromatic rings. The number of benzene rings is 14. The van der Waals surface area contributed by atoms with Crippen LogP contribution in [0.2, 0.25) is 0 Å². The highest BCUT2D eigenvalue weighted by molar-refractivity contribution is 7.81. The molecule has 21 rings (SSSR count). The first kappa shape index (κ1) is 101. The Labute approximate surface area is 834 Å². The minimum absolute atomic E-state index is 0.0168. The number of nitrogens with two attached hydrogens (primary N) is 4. The van der Waals surface area contributed by atoms with Crippen LogP contribution in [0.5, 0.6) is 0 Å². The molecule has 8 atom stereocenters. The molecule has 0 amide bonds. The molecule has 7 saturated carbocycles. The third-order valence-electron chi connectivity index (χ3n) is 29.9. The van der Waals surface area contributed by atoms with E-state index >= 15 is 0 Å². The van der Waals surface area contributed by atoms with Crippen LogP contribution in [0.25, 0.3) is 32.7 Å². The van der Waals surface area contributed by atoms with Gasteiger partial charge in [0, 0.05) is 64.5 Å². The molecule has 0 heterocycles. The molecular formula is C124H150N8P6. The first-order valence-corrected chi connectivity index (χ1v) is 60.9. The number of hydrogen-bond donors (Lipinski definition) is 8. The van der Waals surface area contributed by atoms with Crippen LogP contribution in [0.4, 0.5) is 0 Å². The van der Waals surface area contributed by atoms with E-state index in [0.717, 1.165) is 58.7 Å². The Morgan fingerprint density at radius 3 is 0.667 bits per heavy atom. The summed E-state index contributed by atoms with van der Waals surface area (Å²) in [7, 11) is -2.90. The van der Waals surface area contributed by atoms with Crippen molar-refractivity contribution in [1.29, 1.82) is 0 Å². The summed E-state index contributed by atoms with van der Waals surface area (Å²) in [6.45, 7) is 0. The molecule has 0 saturated heterocycles. The second kappa shape index (κ2) is 53.8. The molecule has 138 heavy (non-hydrogen) atoms. The van der Waals surface area contributed by atoms with Crippen LogP contribution in [-0.2, 0) is 0 Å². The normalized spacial score (nSPS) is 20.2. The standard InChI is InChI=1S/C44H32P2.C30H56N2P2.C30H32N2P2.C14H16N2.C6H14N2/c1-5-19-35(20-6-1)45(36-21-7-2-8-22-36)41-31-29-33-17-13-15-27-39(33)43(41)44-40-28-16-14-18-34(40)30-32-42(44)46(37-23-9-3-10-24-37)38-25-11-4-12-26-38;2*1-5-15-25(16-6-1)33(26-17-7-2-8-18-26)31-29-23-13-14-24-30(29)32-34(27-19-9-3-10-20-27)28-21-11-4-12-22-28;15-13(11-7-3-1-4-8-11)14(16)12-9-5-2-6-10-12;7-5-3-1-2-4-6(5)8/h1-32H;25-32H,1-24H2;1-12,15-22,29-32H,13-14,23-24H2;1-10,13-14H,15-16H2;5-6H,1-4,7-8H2/t;2*29-,30-;13-,14-;5-,6-/m.1111/s1. The maximum atomic E-state index is 6.15. The molecule has 0 aromatic heterocycles. The SMILES string of the molecule is C1CCC(P(N[C@@H]2CCCC[C@H]2NP(C2CCCCC2)C2CCCCC2)C2CCCCC2)CC1.N[C@@H]1CCCC[C@H]1N.N[C@H](c1ccccc1)[C@H](N)c1ccccc1.c1ccc(P(N[C@@H]2CCCC[C@H]2NP(c2ccccc2)c2ccccc2)c2ccccc2)cc1.c1ccc(P(c2ccccc2)c2ccc3ccccc3c2-c2c(P(c3ccccc3)c3ccccc3)ccc3ccccc23)cc1. The molecule has 0 spiro atoms. The molecule has 7 aliphatic rings. The van der Waals surface area contributed by atoms with Crippen LogP contribution in [-0.4, -0.2) is 58.9 Å². The molecule has 716 valence electrons. The van der Waals surface area contributed by atoms with Gasteiger partial charge in [0.15, 0.2) is 0 Å². The van der Waals surface area contributed by atoms with Crippen LogP contribution in [0.3, 0.4) is 0 Å². The van der Waals surface area contributed by atoms with Crippen molar-refractivity contribution in [3.8, 4) is 11.1 Å². The van der Waals surface area contributed by atoms with Gasteiger partial charge in [0.05, 0.1) is 0 Å². The number of hydrogen-bond acceptors (Lipinski definition) is 8. The number of nitrogens with one attached hydrogen (secondary N) is 4. The van der Waals surface area contributed by atoms with E-state index in [1.165, 1.54) is 278 Å². The Bertz CT molecular complexity index is 5270. The molecule has 0 bridgehead atoms. The van der Waals surface area contributed by atoms with Crippen LogP contribution < -0.4 is 96.3 Å². The lowest BCUT2D eigenvalue weighted by atomic mass is 9.92. The Hall–Kier alpha value is -8.14. The molecule has 14 heteroatoms. The van der Waals surface area contributed by atoms with Crippen molar-refractivity contribution in [2.24, 2.45) is 22.9 Å². The summed E-state index contributed by atoms with van der Waals surface area (Å²) in [5.74, 6) is 0. The fraction of sp³-hybridized carbons (Fsp3) is 0.355.